The lowest BCUT2D eigenvalue weighted by Crippen LogP contribution is -2.44. The lowest BCUT2D eigenvalue weighted by Gasteiger charge is -2.35. The van der Waals surface area contributed by atoms with E-state index in [-0.39, 0.29) is 17.5 Å². The number of nitrogens with zero attached hydrogens (tertiary/aromatic N) is 1. The van der Waals surface area contributed by atoms with Crippen LogP contribution < -0.4 is 0 Å². The van der Waals surface area contributed by atoms with E-state index >= 15 is 0 Å². The van der Waals surface area contributed by atoms with E-state index in [9.17, 15) is 9.59 Å². The molecule has 0 radical (unpaired) electrons. The van der Waals surface area contributed by atoms with Gasteiger partial charge in [-0.05, 0) is 26.8 Å². The molecule has 2 rings (SSSR count). The van der Waals surface area contributed by atoms with E-state index in [1.54, 1.807) is 6.08 Å². The van der Waals surface area contributed by atoms with Crippen molar-refractivity contribution in [3.63, 3.8) is 0 Å². The Morgan fingerprint density at radius 3 is 2.67 bits per heavy atom. The molecule has 1 fully saturated rings. The molecule has 0 bridgehead atoms. The molecule has 1 amide bonds. The first-order valence-electron chi connectivity index (χ1n) is 6.88. The van der Waals surface area contributed by atoms with Crippen LogP contribution in [0.4, 0.5) is 4.79 Å². The van der Waals surface area contributed by atoms with E-state index in [0.717, 1.165) is 0 Å². The molecule has 2 heterocycles. The zero-order valence-corrected chi connectivity index (χ0v) is 12.8. The van der Waals surface area contributed by atoms with Gasteiger partial charge in [0.15, 0.2) is 6.23 Å². The number of carbonyl (C=O) groups is 2. The van der Waals surface area contributed by atoms with E-state index in [1.165, 1.54) is 12.0 Å². The predicted octanol–water partition coefficient (Wildman–Crippen LogP) is 1.43. The number of hydrogen-bond acceptors (Lipinski definition) is 6. The monoisotopic (exact) mass is 299 g/mol. The van der Waals surface area contributed by atoms with Crippen LogP contribution in [0.25, 0.3) is 0 Å². The number of hydrogen-bond donors (Lipinski definition) is 0. The number of rotatable bonds is 3. The van der Waals surface area contributed by atoms with Gasteiger partial charge >= 0.3 is 12.1 Å². The van der Waals surface area contributed by atoms with Crippen LogP contribution in [0.5, 0.6) is 0 Å². The molecule has 2 aliphatic rings. The van der Waals surface area contributed by atoms with Crippen LogP contribution in [-0.4, -0.2) is 55.2 Å². The van der Waals surface area contributed by atoms with Crippen molar-refractivity contribution in [1.29, 1.82) is 0 Å². The highest BCUT2D eigenvalue weighted by atomic mass is 16.6. The summed E-state index contributed by atoms with van der Waals surface area (Å²) < 4.78 is 21.0. The number of ether oxygens (including phenoxy) is 4. The molecular weight excluding hydrogens is 278 g/mol. The van der Waals surface area contributed by atoms with Gasteiger partial charge in [0.25, 0.3) is 0 Å². The van der Waals surface area contributed by atoms with Gasteiger partial charge in [0.1, 0.15) is 6.61 Å². The standard InChI is InChI=1S/C14H21NO6/c1-14(2,3)21-9-7-10(12(16)18-4)20-11(8-9)15-5-6-19-13(15)17/h7,9,11H,5-6,8H2,1-4H3/t9-,11+/m1/s1. The van der Waals surface area contributed by atoms with E-state index in [2.05, 4.69) is 4.74 Å². The van der Waals surface area contributed by atoms with Gasteiger partial charge in [0.05, 0.1) is 25.4 Å². The minimum absolute atomic E-state index is 0.0581. The smallest absolute Gasteiger partial charge is 0.412 e. The molecule has 118 valence electrons. The molecule has 0 saturated carbocycles. The Morgan fingerprint density at radius 1 is 1.43 bits per heavy atom. The molecule has 2 atom stereocenters. The highest BCUT2D eigenvalue weighted by Crippen LogP contribution is 2.27. The van der Waals surface area contributed by atoms with Gasteiger partial charge in [-0.3, -0.25) is 4.90 Å². The van der Waals surface area contributed by atoms with Crippen LogP contribution in [0.15, 0.2) is 11.8 Å². The highest BCUT2D eigenvalue weighted by Gasteiger charge is 2.38. The Hall–Kier alpha value is -1.76. The lowest BCUT2D eigenvalue weighted by atomic mass is 10.1. The van der Waals surface area contributed by atoms with Crippen LogP contribution in [0.2, 0.25) is 0 Å². The fourth-order valence-electron chi connectivity index (χ4n) is 2.28. The van der Waals surface area contributed by atoms with Gasteiger partial charge in [-0.25, -0.2) is 9.59 Å². The Kier molecular flexibility index (Phi) is 4.41. The van der Waals surface area contributed by atoms with Gasteiger partial charge in [-0.15, -0.1) is 0 Å². The molecule has 7 heteroatoms. The van der Waals surface area contributed by atoms with Gasteiger partial charge in [-0.1, -0.05) is 0 Å². The molecule has 7 nitrogen and oxygen atoms in total. The van der Waals surface area contributed by atoms with Crippen molar-refractivity contribution in [2.24, 2.45) is 0 Å². The number of cyclic esters (lactones) is 1. The van der Waals surface area contributed by atoms with Crippen molar-refractivity contribution in [3.8, 4) is 0 Å². The van der Waals surface area contributed by atoms with Crippen molar-refractivity contribution in [1.82, 2.24) is 4.90 Å². The lowest BCUT2D eigenvalue weighted by molar-refractivity contribution is -0.148. The molecule has 0 unspecified atom stereocenters. The second kappa shape index (κ2) is 5.93. The molecule has 0 aromatic carbocycles. The first-order chi connectivity index (χ1) is 9.80. The second-order valence-electron chi connectivity index (χ2n) is 5.91. The normalized spacial score (nSPS) is 26.0. The van der Waals surface area contributed by atoms with Crippen LogP contribution in [0, 0.1) is 0 Å². The van der Waals surface area contributed by atoms with Gasteiger partial charge in [0, 0.05) is 6.42 Å². The fraction of sp³-hybridized carbons (Fsp3) is 0.714. The van der Waals surface area contributed by atoms with Crippen molar-refractivity contribution < 1.29 is 28.5 Å². The van der Waals surface area contributed by atoms with Crippen molar-refractivity contribution in [2.45, 2.75) is 45.1 Å². The Bertz CT molecular complexity index is 453. The molecule has 0 aliphatic carbocycles. The SMILES string of the molecule is COC(=O)C1=C[C@@H](OC(C)(C)C)C[C@@H](N2CCOC2=O)O1. The maximum atomic E-state index is 11.7. The Labute approximate surface area is 123 Å². The number of methoxy groups -OCH3 is 1. The molecule has 0 spiro atoms. The maximum Gasteiger partial charge on any atom is 0.412 e. The molecule has 0 aromatic heterocycles. The third-order valence-electron chi connectivity index (χ3n) is 3.07. The molecule has 0 aromatic rings. The largest absolute Gasteiger partial charge is 0.463 e. The number of amides is 1. The van der Waals surface area contributed by atoms with Gasteiger partial charge < -0.3 is 18.9 Å². The maximum absolute atomic E-state index is 11.7. The first kappa shape index (κ1) is 15.6. The average Bonchev–Trinajstić information content (AvgIpc) is 2.81. The van der Waals surface area contributed by atoms with E-state index in [1.807, 2.05) is 20.8 Å². The zero-order valence-electron chi connectivity index (χ0n) is 12.8. The van der Waals surface area contributed by atoms with E-state index < -0.39 is 18.3 Å². The molecular formula is C14H21NO6. The van der Waals surface area contributed by atoms with Crippen LogP contribution in [0.1, 0.15) is 27.2 Å². The first-order valence-corrected chi connectivity index (χ1v) is 6.88. The van der Waals surface area contributed by atoms with Crippen molar-refractivity contribution in [3.05, 3.63) is 11.8 Å². The summed E-state index contributed by atoms with van der Waals surface area (Å²) in [4.78, 5) is 24.8. The minimum atomic E-state index is -0.591. The van der Waals surface area contributed by atoms with Crippen molar-refractivity contribution >= 4 is 12.1 Å². The summed E-state index contributed by atoms with van der Waals surface area (Å²) in [5, 5.41) is 0. The summed E-state index contributed by atoms with van der Waals surface area (Å²) in [6.45, 7) is 6.52. The Morgan fingerprint density at radius 2 is 2.14 bits per heavy atom. The minimum Gasteiger partial charge on any atom is -0.463 e. The highest BCUT2D eigenvalue weighted by molar-refractivity contribution is 5.86. The molecule has 0 N–H and O–H groups in total. The van der Waals surface area contributed by atoms with Gasteiger partial charge in [-0.2, -0.15) is 0 Å². The second-order valence-corrected chi connectivity index (χ2v) is 5.91. The third-order valence-corrected chi connectivity index (χ3v) is 3.07. The van der Waals surface area contributed by atoms with Crippen LogP contribution in [0.3, 0.4) is 0 Å². The summed E-state index contributed by atoms with van der Waals surface area (Å²) in [5.74, 6) is -0.530. The summed E-state index contributed by atoms with van der Waals surface area (Å²) in [5.41, 5.74) is -0.379. The third kappa shape index (κ3) is 3.87. The molecule has 21 heavy (non-hydrogen) atoms. The number of esters is 1. The quantitative estimate of drug-likeness (QED) is 0.734. The van der Waals surface area contributed by atoms with Crippen LogP contribution >= 0.6 is 0 Å². The zero-order chi connectivity index (χ0) is 15.6. The van der Waals surface area contributed by atoms with Gasteiger partial charge in [0.2, 0.25) is 5.76 Å². The predicted molar refractivity (Wildman–Crippen MR) is 72.3 cm³/mol. The van der Waals surface area contributed by atoms with E-state index in [0.29, 0.717) is 19.6 Å². The number of carbonyl (C=O) groups excluding carboxylic acids is 2. The van der Waals surface area contributed by atoms with Crippen LogP contribution in [-0.2, 0) is 23.7 Å². The fourth-order valence-corrected chi connectivity index (χ4v) is 2.28. The summed E-state index contributed by atoms with van der Waals surface area (Å²) in [7, 11) is 1.28. The van der Waals surface area contributed by atoms with E-state index in [4.69, 9.17) is 14.2 Å². The molecule has 1 saturated heterocycles. The van der Waals surface area contributed by atoms with Crippen molar-refractivity contribution in [2.75, 3.05) is 20.3 Å². The summed E-state index contributed by atoms with van der Waals surface area (Å²) >= 11 is 0. The summed E-state index contributed by atoms with van der Waals surface area (Å²) in [6, 6.07) is 0. The Balaban J connectivity index is 2.17. The average molecular weight is 299 g/mol. The summed E-state index contributed by atoms with van der Waals surface area (Å²) in [6.07, 6.45) is 0.653. The topological polar surface area (TPSA) is 74.3 Å². The molecule has 2 aliphatic heterocycles.